The van der Waals surface area contributed by atoms with E-state index in [4.69, 9.17) is 33.1 Å². The number of amides is 1. The maximum atomic E-state index is 11.8. The Morgan fingerprint density at radius 1 is 1.39 bits per heavy atom. The molecular weight excluding hydrogens is 378 g/mol. The van der Waals surface area contributed by atoms with Crippen LogP contribution in [0.5, 0.6) is 5.75 Å². The Kier molecular flexibility index (Phi) is 8.42. The zero-order valence-electron chi connectivity index (χ0n) is 16.2. The summed E-state index contributed by atoms with van der Waals surface area (Å²) in [5.74, 6) is 0.398. The summed E-state index contributed by atoms with van der Waals surface area (Å²) in [6.45, 7) is 5.21. The van der Waals surface area contributed by atoms with Crippen LogP contribution in [0, 0.1) is 11.3 Å². The molecule has 0 aliphatic carbocycles. The van der Waals surface area contributed by atoms with E-state index in [9.17, 15) is 4.79 Å². The first-order valence-corrected chi connectivity index (χ1v) is 9.93. The number of nitrogens with two attached hydrogens (primary N) is 2. The zero-order chi connectivity index (χ0) is 20.5. The van der Waals surface area contributed by atoms with Crippen molar-refractivity contribution in [1.29, 1.82) is 5.26 Å². The predicted molar refractivity (Wildman–Crippen MR) is 110 cm³/mol. The minimum absolute atomic E-state index is 0.114. The van der Waals surface area contributed by atoms with Gasteiger partial charge in [-0.2, -0.15) is 5.26 Å². The SMILES string of the molecule is CC/C(N)=C(/N)C(=O)NCCCN1CCC(Oc2ccc(C#N)c(Cl)c2)CC1. The van der Waals surface area contributed by atoms with Gasteiger partial charge in [-0.05, 0) is 44.4 Å². The number of hydrogen-bond acceptors (Lipinski definition) is 6. The van der Waals surface area contributed by atoms with Gasteiger partial charge in [0.05, 0.1) is 10.6 Å². The number of likely N-dealkylation sites (tertiary alicyclic amines) is 1. The lowest BCUT2D eigenvalue weighted by Crippen LogP contribution is -2.40. The summed E-state index contributed by atoms with van der Waals surface area (Å²) in [6.07, 6.45) is 3.40. The lowest BCUT2D eigenvalue weighted by Gasteiger charge is -2.32. The molecule has 1 aromatic rings. The van der Waals surface area contributed by atoms with E-state index in [-0.39, 0.29) is 17.7 Å². The molecule has 5 N–H and O–H groups in total. The molecular formula is C20H28ClN5O2. The number of carbonyl (C=O) groups is 1. The Labute approximate surface area is 171 Å². The van der Waals surface area contributed by atoms with Crippen molar-refractivity contribution in [2.24, 2.45) is 11.5 Å². The van der Waals surface area contributed by atoms with E-state index in [0.29, 0.717) is 35.0 Å². The molecule has 0 spiro atoms. The van der Waals surface area contributed by atoms with Crippen molar-refractivity contribution in [3.05, 3.63) is 40.2 Å². The fourth-order valence-electron chi connectivity index (χ4n) is 3.04. The van der Waals surface area contributed by atoms with E-state index in [2.05, 4.69) is 10.2 Å². The van der Waals surface area contributed by atoms with Gasteiger partial charge in [0.15, 0.2) is 0 Å². The van der Waals surface area contributed by atoms with Crippen LogP contribution in [0.1, 0.15) is 38.2 Å². The quantitative estimate of drug-likeness (QED) is 0.450. The molecule has 0 radical (unpaired) electrons. The standard InChI is InChI=1S/C20H28ClN5O2/c1-2-18(23)19(24)20(27)25-8-3-9-26-10-6-15(7-11-26)28-16-5-4-14(13-22)17(21)12-16/h4-5,12,15H,2-3,6-11,23-24H2,1H3,(H,25,27)/b19-18-. The molecule has 8 heteroatoms. The molecule has 1 fully saturated rings. The van der Waals surface area contributed by atoms with E-state index in [1.54, 1.807) is 18.2 Å². The van der Waals surface area contributed by atoms with E-state index < -0.39 is 0 Å². The molecule has 0 atom stereocenters. The molecule has 152 valence electrons. The Morgan fingerprint density at radius 2 is 2.11 bits per heavy atom. The second-order valence-electron chi connectivity index (χ2n) is 6.81. The van der Waals surface area contributed by atoms with Gasteiger partial charge in [-0.15, -0.1) is 0 Å². The summed E-state index contributed by atoms with van der Waals surface area (Å²) in [7, 11) is 0. The molecule has 1 aliphatic rings. The second-order valence-corrected chi connectivity index (χ2v) is 7.22. The van der Waals surface area contributed by atoms with E-state index in [1.165, 1.54) is 0 Å². The van der Waals surface area contributed by atoms with Crippen molar-refractivity contribution < 1.29 is 9.53 Å². The molecule has 2 rings (SSSR count). The van der Waals surface area contributed by atoms with Crippen molar-refractivity contribution >= 4 is 17.5 Å². The minimum atomic E-state index is -0.299. The summed E-state index contributed by atoms with van der Waals surface area (Å²) in [5.41, 5.74) is 12.4. The van der Waals surface area contributed by atoms with E-state index in [0.717, 1.165) is 38.9 Å². The number of halogens is 1. The Balaban J connectivity index is 1.67. The second kappa shape index (κ2) is 10.8. The number of nitrogens with one attached hydrogen (secondary N) is 1. The van der Waals surface area contributed by atoms with Crippen LogP contribution in [0.4, 0.5) is 0 Å². The number of piperidine rings is 1. The Hall–Kier alpha value is -2.43. The third kappa shape index (κ3) is 6.32. The summed E-state index contributed by atoms with van der Waals surface area (Å²) in [6, 6.07) is 7.20. The average molecular weight is 406 g/mol. The van der Waals surface area contributed by atoms with Crippen molar-refractivity contribution in [3.63, 3.8) is 0 Å². The van der Waals surface area contributed by atoms with Gasteiger partial charge in [0.1, 0.15) is 23.6 Å². The highest BCUT2D eigenvalue weighted by molar-refractivity contribution is 6.31. The van der Waals surface area contributed by atoms with Gasteiger partial charge in [-0.1, -0.05) is 18.5 Å². The lowest BCUT2D eigenvalue weighted by molar-refractivity contribution is -0.117. The van der Waals surface area contributed by atoms with Gasteiger partial charge in [0.2, 0.25) is 0 Å². The largest absolute Gasteiger partial charge is 0.490 e. The van der Waals surface area contributed by atoms with Crippen LogP contribution in [0.25, 0.3) is 0 Å². The number of allylic oxidation sites excluding steroid dienone is 1. The number of nitriles is 1. The highest BCUT2D eigenvalue weighted by Gasteiger charge is 2.20. The van der Waals surface area contributed by atoms with Crippen LogP contribution < -0.4 is 21.5 Å². The Bertz CT molecular complexity index is 751. The van der Waals surface area contributed by atoms with Gasteiger partial charge < -0.3 is 26.4 Å². The molecule has 28 heavy (non-hydrogen) atoms. The monoisotopic (exact) mass is 405 g/mol. The fraction of sp³-hybridized carbons (Fsp3) is 0.500. The van der Waals surface area contributed by atoms with Gasteiger partial charge in [-0.25, -0.2) is 0 Å². The zero-order valence-corrected chi connectivity index (χ0v) is 17.0. The third-order valence-electron chi connectivity index (χ3n) is 4.81. The number of carbonyl (C=O) groups excluding carboxylic acids is 1. The number of rotatable bonds is 8. The molecule has 0 bridgehead atoms. The van der Waals surface area contributed by atoms with Crippen molar-refractivity contribution in [1.82, 2.24) is 10.2 Å². The fourth-order valence-corrected chi connectivity index (χ4v) is 3.25. The van der Waals surface area contributed by atoms with E-state index in [1.807, 2.05) is 13.0 Å². The molecule has 1 saturated heterocycles. The van der Waals surface area contributed by atoms with Gasteiger partial charge in [0.25, 0.3) is 5.91 Å². The first kappa shape index (κ1) is 21.9. The first-order valence-electron chi connectivity index (χ1n) is 9.55. The molecule has 1 heterocycles. The van der Waals surface area contributed by atoms with Gasteiger partial charge in [-0.3, -0.25) is 4.79 Å². The number of nitrogens with zero attached hydrogens (tertiary/aromatic N) is 2. The van der Waals surface area contributed by atoms with Crippen LogP contribution in [0.15, 0.2) is 29.6 Å². The smallest absolute Gasteiger partial charge is 0.268 e. The topological polar surface area (TPSA) is 117 Å². The molecule has 1 aliphatic heterocycles. The van der Waals surface area contributed by atoms with Crippen molar-refractivity contribution in [2.75, 3.05) is 26.2 Å². The third-order valence-corrected chi connectivity index (χ3v) is 5.12. The summed E-state index contributed by atoms with van der Waals surface area (Å²) in [5, 5.41) is 12.1. The number of benzene rings is 1. The molecule has 1 amide bonds. The highest BCUT2D eigenvalue weighted by atomic mass is 35.5. The van der Waals surface area contributed by atoms with Crippen LogP contribution in [0.2, 0.25) is 5.02 Å². The van der Waals surface area contributed by atoms with Crippen LogP contribution >= 0.6 is 11.6 Å². The van der Waals surface area contributed by atoms with E-state index >= 15 is 0 Å². The molecule has 0 aromatic heterocycles. The maximum Gasteiger partial charge on any atom is 0.268 e. The molecule has 0 unspecified atom stereocenters. The van der Waals surface area contributed by atoms with Crippen LogP contribution in [0.3, 0.4) is 0 Å². The molecule has 7 nitrogen and oxygen atoms in total. The minimum Gasteiger partial charge on any atom is -0.490 e. The van der Waals surface area contributed by atoms with Gasteiger partial charge >= 0.3 is 0 Å². The number of ether oxygens (including phenoxy) is 1. The first-order chi connectivity index (χ1) is 13.4. The van der Waals surface area contributed by atoms with Crippen molar-refractivity contribution in [2.45, 2.75) is 38.7 Å². The van der Waals surface area contributed by atoms with Crippen LogP contribution in [-0.2, 0) is 4.79 Å². The average Bonchev–Trinajstić information content (AvgIpc) is 2.71. The van der Waals surface area contributed by atoms with Gasteiger partial charge in [0, 0.05) is 31.4 Å². The summed E-state index contributed by atoms with van der Waals surface area (Å²) in [4.78, 5) is 14.2. The van der Waals surface area contributed by atoms with Crippen molar-refractivity contribution in [3.8, 4) is 11.8 Å². The van der Waals surface area contributed by atoms with Crippen LogP contribution in [-0.4, -0.2) is 43.1 Å². The Morgan fingerprint density at radius 3 is 2.71 bits per heavy atom. The normalized spacial score (nSPS) is 16.2. The summed E-state index contributed by atoms with van der Waals surface area (Å²) < 4.78 is 5.99. The molecule has 1 aromatic carbocycles. The lowest BCUT2D eigenvalue weighted by atomic mass is 10.1. The number of hydrogen-bond donors (Lipinski definition) is 3. The molecule has 0 saturated carbocycles. The highest BCUT2D eigenvalue weighted by Crippen LogP contribution is 2.25. The maximum absolute atomic E-state index is 11.8. The predicted octanol–water partition coefficient (Wildman–Crippen LogP) is 2.10. The summed E-state index contributed by atoms with van der Waals surface area (Å²) >= 11 is 6.05.